The summed E-state index contributed by atoms with van der Waals surface area (Å²) in [5.74, 6) is -4.43. The van der Waals surface area contributed by atoms with Gasteiger partial charge in [0.15, 0.2) is 21.7 Å². The zero-order valence-electron chi connectivity index (χ0n) is 16.7. The normalized spacial score (nSPS) is 37.1. The summed E-state index contributed by atoms with van der Waals surface area (Å²) in [6.45, 7) is 4.02. The molecular weight excluding hydrogens is 506 g/mol. The van der Waals surface area contributed by atoms with Gasteiger partial charge < -0.3 is 47.7 Å². The van der Waals surface area contributed by atoms with Gasteiger partial charge in [-0.3, -0.25) is 0 Å². The SMILES string of the molecule is CC1(C)O[C@H]2O[C@H]([C@@H](COC3(C(Cl)Cl)OCCO3)OC3(C(Cl)Cl)OCCO3)[C@H](O)[C@H]2O1. The van der Waals surface area contributed by atoms with Gasteiger partial charge in [0.1, 0.15) is 24.4 Å². The molecule has 0 aromatic carbocycles. The lowest BCUT2D eigenvalue weighted by Crippen LogP contribution is -2.53. The van der Waals surface area contributed by atoms with Crippen LogP contribution in [0.5, 0.6) is 0 Å². The fourth-order valence-corrected chi connectivity index (χ4v) is 4.50. The van der Waals surface area contributed by atoms with E-state index in [-0.39, 0.29) is 33.0 Å². The van der Waals surface area contributed by atoms with E-state index in [1.165, 1.54) is 0 Å². The molecule has 0 bridgehead atoms. The Hall–Kier alpha value is 0.760. The first-order chi connectivity index (χ1) is 14.6. The van der Waals surface area contributed by atoms with Crippen LogP contribution in [0.4, 0.5) is 0 Å². The molecule has 1 N–H and O–H groups in total. The fourth-order valence-electron chi connectivity index (χ4n) is 3.77. The van der Waals surface area contributed by atoms with Crippen LogP contribution in [0.1, 0.15) is 13.8 Å². The van der Waals surface area contributed by atoms with E-state index in [1.54, 1.807) is 13.8 Å². The highest BCUT2D eigenvalue weighted by Crippen LogP contribution is 2.41. The standard InChI is InChI=1S/C17H24Cl4O10/c1-15(2)30-11-9(22)10(28-12(11)31-15)8(29-17(14(20)21)25-5-6-26-17)7-27-16(13(18)19)23-3-4-24-16/h8-14,22H,3-7H2,1-2H3/t8-,9+,10-,11-,12-/m1/s1. The van der Waals surface area contributed by atoms with Crippen molar-refractivity contribution in [3.8, 4) is 0 Å². The maximum atomic E-state index is 10.9. The Bertz CT molecular complexity index is 626. The third-order valence-corrected chi connectivity index (χ3v) is 6.17. The first-order valence-electron chi connectivity index (χ1n) is 9.70. The van der Waals surface area contributed by atoms with E-state index in [9.17, 15) is 5.11 Å². The summed E-state index contributed by atoms with van der Waals surface area (Å²) in [5, 5.41) is 10.9. The maximum Gasteiger partial charge on any atom is 0.315 e. The molecule has 180 valence electrons. The third-order valence-electron chi connectivity index (χ3n) is 5.10. The molecule has 4 fully saturated rings. The average molecular weight is 530 g/mol. The van der Waals surface area contributed by atoms with E-state index in [0.717, 1.165) is 0 Å². The van der Waals surface area contributed by atoms with Crippen molar-refractivity contribution >= 4 is 46.4 Å². The summed E-state index contributed by atoms with van der Waals surface area (Å²) in [6, 6.07) is 0. The van der Waals surface area contributed by atoms with E-state index < -0.39 is 58.1 Å². The maximum absolute atomic E-state index is 10.9. The van der Waals surface area contributed by atoms with Gasteiger partial charge in [0.2, 0.25) is 0 Å². The second-order valence-electron chi connectivity index (χ2n) is 7.73. The molecule has 4 aliphatic heterocycles. The fraction of sp³-hybridized carbons (Fsp3) is 1.00. The highest BCUT2D eigenvalue weighted by molar-refractivity contribution is 6.45. The molecule has 0 amide bonds. The first kappa shape index (κ1) is 24.9. The molecule has 0 saturated carbocycles. The number of rotatable bonds is 8. The molecule has 4 rings (SSSR count). The van der Waals surface area contributed by atoms with Crippen LogP contribution < -0.4 is 0 Å². The van der Waals surface area contributed by atoms with Crippen LogP contribution in [0, 0.1) is 0 Å². The summed E-state index contributed by atoms with van der Waals surface area (Å²) in [4.78, 5) is -2.39. The molecule has 5 atom stereocenters. The molecule has 4 heterocycles. The lowest BCUT2D eigenvalue weighted by molar-refractivity contribution is -0.378. The van der Waals surface area contributed by atoms with Gasteiger partial charge in [0.25, 0.3) is 0 Å². The molecule has 31 heavy (non-hydrogen) atoms. The monoisotopic (exact) mass is 528 g/mol. The molecular formula is C17H24Cl4O10. The van der Waals surface area contributed by atoms with Crippen molar-refractivity contribution in [2.24, 2.45) is 0 Å². The minimum atomic E-state index is -1.80. The predicted molar refractivity (Wildman–Crippen MR) is 106 cm³/mol. The zero-order valence-corrected chi connectivity index (χ0v) is 19.7. The first-order valence-corrected chi connectivity index (χ1v) is 11.5. The number of halogens is 4. The van der Waals surface area contributed by atoms with Gasteiger partial charge in [-0.1, -0.05) is 46.4 Å². The van der Waals surface area contributed by atoms with Crippen molar-refractivity contribution in [3.63, 3.8) is 0 Å². The number of ether oxygens (including phenoxy) is 9. The number of hydrogen-bond acceptors (Lipinski definition) is 10. The highest BCUT2D eigenvalue weighted by atomic mass is 35.5. The van der Waals surface area contributed by atoms with Gasteiger partial charge in [-0.15, -0.1) is 0 Å². The minimum Gasteiger partial charge on any atom is -0.387 e. The summed E-state index contributed by atoms with van der Waals surface area (Å²) < 4.78 is 51.0. The van der Waals surface area contributed by atoms with Crippen molar-refractivity contribution in [2.75, 3.05) is 33.0 Å². The summed E-state index contributed by atoms with van der Waals surface area (Å²) >= 11 is 24.2. The number of aliphatic hydroxyl groups is 1. The van der Waals surface area contributed by atoms with Crippen molar-refractivity contribution in [3.05, 3.63) is 0 Å². The van der Waals surface area contributed by atoms with Crippen molar-refractivity contribution in [1.29, 1.82) is 0 Å². The third kappa shape index (κ3) is 4.94. The molecule has 0 spiro atoms. The molecule has 14 heteroatoms. The van der Waals surface area contributed by atoms with Crippen LogP contribution in [0.15, 0.2) is 0 Å². The molecule has 4 aliphatic rings. The quantitative estimate of drug-likeness (QED) is 0.466. The van der Waals surface area contributed by atoms with Crippen LogP contribution in [-0.2, 0) is 42.6 Å². The van der Waals surface area contributed by atoms with E-state index in [0.29, 0.717) is 0 Å². The van der Waals surface area contributed by atoms with Crippen molar-refractivity contribution in [1.82, 2.24) is 0 Å². The van der Waals surface area contributed by atoms with Crippen LogP contribution in [0.2, 0.25) is 0 Å². The van der Waals surface area contributed by atoms with Gasteiger partial charge >= 0.3 is 11.9 Å². The number of aliphatic hydroxyl groups excluding tert-OH is 1. The average Bonchev–Trinajstić information content (AvgIpc) is 3.45. The Morgan fingerprint density at radius 1 is 0.903 bits per heavy atom. The van der Waals surface area contributed by atoms with Gasteiger partial charge in [-0.2, -0.15) is 0 Å². The predicted octanol–water partition coefficient (Wildman–Crippen LogP) is 1.63. The van der Waals surface area contributed by atoms with Crippen molar-refractivity contribution < 1.29 is 47.7 Å². The van der Waals surface area contributed by atoms with E-state index in [2.05, 4.69) is 0 Å². The Labute approximate surface area is 199 Å². The number of fused-ring (bicyclic) bond motifs is 1. The largest absolute Gasteiger partial charge is 0.387 e. The van der Waals surface area contributed by atoms with E-state index in [1.807, 2.05) is 0 Å². The summed E-state index contributed by atoms with van der Waals surface area (Å²) in [5.41, 5.74) is 0. The molecule has 4 saturated heterocycles. The van der Waals surface area contributed by atoms with E-state index >= 15 is 0 Å². The summed E-state index contributed by atoms with van der Waals surface area (Å²) in [7, 11) is 0. The highest BCUT2D eigenvalue weighted by Gasteiger charge is 2.59. The van der Waals surface area contributed by atoms with Gasteiger partial charge in [-0.25, -0.2) is 0 Å². The minimum absolute atomic E-state index is 0.199. The molecule has 0 radical (unpaired) electrons. The molecule has 0 aliphatic carbocycles. The van der Waals surface area contributed by atoms with Crippen LogP contribution >= 0.6 is 46.4 Å². The molecule has 10 nitrogen and oxygen atoms in total. The Kier molecular flexibility index (Phi) is 7.56. The van der Waals surface area contributed by atoms with Crippen LogP contribution in [0.25, 0.3) is 0 Å². The lowest BCUT2D eigenvalue weighted by Gasteiger charge is -2.37. The molecule has 0 unspecified atom stereocenters. The number of hydrogen-bond donors (Lipinski definition) is 1. The lowest BCUT2D eigenvalue weighted by atomic mass is 10.1. The summed E-state index contributed by atoms with van der Waals surface area (Å²) in [6.07, 6.45) is -4.77. The smallest absolute Gasteiger partial charge is 0.315 e. The second-order valence-corrected chi connectivity index (χ2v) is 9.92. The molecule has 0 aromatic rings. The van der Waals surface area contributed by atoms with Gasteiger partial charge in [0, 0.05) is 0 Å². The van der Waals surface area contributed by atoms with Crippen molar-refractivity contribution in [2.45, 2.75) is 72.0 Å². The van der Waals surface area contributed by atoms with Crippen LogP contribution in [-0.4, -0.2) is 96.3 Å². The Morgan fingerprint density at radius 3 is 1.97 bits per heavy atom. The second kappa shape index (κ2) is 9.43. The van der Waals surface area contributed by atoms with E-state index in [4.69, 9.17) is 89.0 Å². The van der Waals surface area contributed by atoms with Crippen LogP contribution in [0.3, 0.4) is 0 Å². The Balaban J connectivity index is 1.53. The number of alkyl halides is 4. The van der Waals surface area contributed by atoms with Gasteiger partial charge in [0.05, 0.1) is 33.0 Å². The topological polar surface area (TPSA) is 103 Å². The Morgan fingerprint density at radius 2 is 1.45 bits per heavy atom. The molecule has 0 aromatic heterocycles. The zero-order chi connectivity index (χ0) is 22.4. The van der Waals surface area contributed by atoms with Gasteiger partial charge in [-0.05, 0) is 13.8 Å².